The molecule has 30 heavy (non-hydrogen) atoms. The summed E-state index contributed by atoms with van der Waals surface area (Å²) in [7, 11) is 0. The largest absolute Gasteiger partial charge is 0.357 e. The van der Waals surface area contributed by atoms with E-state index >= 15 is 0 Å². The predicted molar refractivity (Wildman–Crippen MR) is 117 cm³/mol. The number of hydrogen-bond donors (Lipinski definition) is 1. The topological polar surface area (TPSA) is 82.2 Å². The van der Waals surface area contributed by atoms with Crippen LogP contribution in [0.2, 0.25) is 0 Å². The number of rotatable bonds is 4. The summed E-state index contributed by atoms with van der Waals surface area (Å²) in [4.78, 5) is 40.9. The Kier molecular flexibility index (Phi) is 6.45. The van der Waals surface area contributed by atoms with Crippen LogP contribution < -0.4 is 10.5 Å². The van der Waals surface area contributed by atoms with E-state index in [1.54, 1.807) is 6.20 Å². The number of nitrogens with zero attached hydrogens (tertiary/aromatic N) is 4. The van der Waals surface area contributed by atoms with Gasteiger partial charge in [-0.15, -0.1) is 0 Å². The molecule has 2 aromatic rings. The minimum atomic E-state index is -0.142. The monoisotopic (exact) mass is 409 g/mol. The van der Waals surface area contributed by atoms with Crippen molar-refractivity contribution >= 4 is 11.7 Å². The molecule has 2 aromatic heterocycles. The number of carbonyl (C=O) groups is 1. The normalized spacial score (nSPS) is 18.3. The number of piperidine rings is 1. The molecule has 0 aromatic carbocycles. The minimum Gasteiger partial charge on any atom is -0.357 e. The Bertz CT molecular complexity index is 908. The summed E-state index contributed by atoms with van der Waals surface area (Å²) < 4.78 is 0. The van der Waals surface area contributed by atoms with E-state index in [0.29, 0.717) is 18.2 Å². The highest BCUT2D eigenvalue weighted by Gasteiger charge is 2.29. The maximum atomic E-state index is 12.9. The zero-order valence-electron chi connectivity index (χ0n) is 17.8. The number of H-pyrrole nitrogens is 1. The van der Waals surface area contributed by atoms with Crippen molar-refractivity contribution in [1.29, 1.82) is 0 Å². The van der Waals surface area contributed by atoms with Crippen LogP contribution in [0.25, 0.3) is 11.4 Å². The van der Waals surface area contributed by atoms with Gasteiger partial charge in [-0.2, -0.15) is 0 Å². The van der Waals surface area contributed by atoms with E-state index in [4.69, 9.17) is 0 Å². The molecule has 7 nitrogen and oxygen atoms in total. The lowest BCUT2D eigenvalue weighted by atomic mass is 9.95. The van der Waals surface area contributed by atoms with Gasteiger partial charge in [0.15, 0.2) is 0 Å². The van der Waals surface area contributed by atoms with Crippen LogP contribution in [-0.2, 0) is 11.2 Å². The van der Waals surface area contributed by atoms with Crippen LogP contribution in [0.15, 0.2) is 29.2 Å². The molecule has 0 unspecified atom stereocenters. The average Bonchev–Trinajstić information content (AvgIpc) is 3.08. The molecular formula is C23H31N5O2. The average molecular weight is 410 g/mol. The van der Waals surface area contributed by atoms with Crippen molar-refractivity contribution < 1.29 is 4.79 Å². The number of pyridine rings is 1. The Morgan fingerprint density at radius 2 is 1.83 bits per heavy atom. The smallest absolute Gasteiger partial charge is 0.251 e. The number of aromatic nitrogens is 3. The molecule has 0 aliphatic carbocycles. The Labute approximate surface area is 177 Å². The highest BCUT2D eigenvalue weighted by molar-refractivity contribution is 5.79. The zero-order chi connectivity index (χ0) is 20.9. The molecule has 0 atom stereocenters. The van der Waals surface area contributed by atoms with Gasteiger partial charge in [-0.25, -0.2) is 9.97 Å². The molecule has 1 amide bonds. The van der Waals surface area contributed by atoms with Crippen LogP contribution in [0.1, 0.15) is 51.1 Å². The van der Waals surface area contributed by atoms with Crippen molar-refractivity contribution in [2.45, 2.75) is 51.9 Å². The molecule has 160 valence electrons. The van der Waals surface area contributed by atoms with Gasteiger partial charge in [0.25, 0.3) is 5.56 Å². The van der Waals surface area contributed by atoms with E-state index in [1.807, 2.05) is 19.1 Å². The van der Waals surface area contributed by atoms with Gasteiger partial charge in [-0.3, -0.25) is 9.59 Å². The number of likely N-dealkylation sites (tertiary alicyclic amines) is 1. The van der Waals surface area contributed by atoms with Gasteiger partial charge in [0.05, 0.1) is 0 Å². The van der Waals surface area contributed by atoms with Gasteiger partial charge in [-0.05, 0) is 44.2 Å². The SMILES string of the molecule is CCc1cc(=O)[nH]c(-c2ccc(N3CCC(C(=O)N4CCCCCC4)CC3)nc2)n1. The van der Waals surface area contributed by atoms with Gasteiger partial charge in [0, 0.05) is 55.6 Å². The van der Waals surface area contributed by atoms with Crippen LogP contribution in [0.3, 0.4) is 0 Å². The molecule has 2 saturated heterocycles. The van der Waals surface area contributed by atoms with Crippen molar-refractivity contribution in [3.63, 3.8) is 0 Å². The molecule has 0 spiro atoms. The van der Waals surface area contributed by atoms with Crippen molar-refractivity contribution in [2.75, 3.05) is 31.1 Å². The number of amides is 1. The molecule has 2 fully saturated rings. The van der Waals surface area contributed by atoms with Gasteiger partial charge in [0.2, 0.25) is 5.91 Å². The number of anilines is 1. The standard InChI is InChI=1S/C23H31N5O2/c1-2-19-15-21(29)26-22(25-19)18-7-8-20(24-16-18)27-13-9-17(10-14-27)23(30)28-11-5-3-4-6-12-28/h7-8,15-17H,2-6,9-14H2,1H3,(H,25,26,29). The molecule has 4 rings (SSSR count). The third-order valence-electron chi connectivity index (χ3n) is 6.26. The quantitative estimate of drug-likeness (QED) is 0.839. The number of nitrogens with one attached hydrogen (secondary N) is 1. The number of carbonyl (C=O) groups excluding carboxylic acids is 1. The first-order valence-electron chi connectivity index (χ1n) is 11.2. The van der Waals surface area contributed by atoms with Crippen LogP contribution in [0.4, 0.5) is 5.82 Å². The fourth-order valence-electron chi connectivity index (χ4n) is 4.44. The molecule has 0 saturated carbocycles. The van der Waals surface area contributed by atoms with E-state index in [2.05, 4.69) is 24.8 Å². The molecular weight excluding hydrogens is 378 g/mol. The summed E-state index contributed by atoms with van der Waals surface area (Å²) in [6.45, 7) is 5.52. The van der Waals surface area contributed by atoms with Gasteiger partial charge >= 0.3 is 0 Å². The summed E-state index contributed by atoms with van der Waals surface area (Å²) in [5, 5.41) is 0. The first-order chi connectivity index (χ1) is 14.6. The van der Waals surface area contributed by atoms with Crippen molar-refractivity contribution in [2.24, 2.45) is 5.92 Å². The maximum absolute atomic E-state index is 12.9. The Hall–Kier alpha value is -2.70. The molecule has 2 aliphatic rings. The van der Waals surface area contributed by atoms with Crippen LogP contribution in [0.5, 0.6) is 0 Å². The minimum absolute atomic E-state index is 0.142. The lowest BCUT2D eigenvalue weighted by molar-refractivity contribution is -0.136. The van der Waals surface area contributed by atoms with Crippen LogP contribution >= 0.6 is 0 Å². The van der Waals surface area contributed by atoms with E-state index < -0.39 is 0 Å². The van der Waals surface area contributed by atoms with Crippen LogP contribution in [-0.4, -0.2) is 51.9 Å². The van der Waals surface area contributed by atoms with Crippen molar-refractivity contribution in [1.82, 2.24) is 19.9 Å². The second-order valence-electron chi connectivity index (χ2n) is 8.34. The molecule has 2 aliphatic heterocycles. The zero-order valence-corrected chi connectivity index (χ0v) is 17.8. The van der Waals surface area contributed by atoms with Gasteiger partial charge in [0.1, 0.15) is 11.6 Å². The molecule has 0 bridgehead atoms. The van der Waals surface area contributed by atoms with Gasteiger partial charge < -0.3 is 14.8 Å². The van der Waals surface area contributed by atoms with Crippen molar-refractivity contribution in [3.05, 3.63) is 40.4 Å². The Morgan fingerprint density at radius 3 is 2.47 bits per heavy atom. The summed E-state index contributed by atoms with van der Waals surface area (Å²) in [6.07, 6.45) is 9.02. The van der Waals surface area contributed by atoms with E-state index in [0.717, 1.165) is 68.9 Å². The highest BCUT2D eigenvalue weighted by atomic mass is 16.2. The lowest BCUT2D eigenvalue weighted by Crippen LogP contribution is -2.43. The Morgan fingerprint density at radius 1 is 1.10 bits per heavy atom. The Balaban J connectivity index is 1.37. The van der Waals surface area contributed by atoms with E-state index in [1.165, 1.54) is 18.9 Å². The third-order valence-corrected chi connectivity index (χ3v) is 6.26. The van der Waals surface area contributed by atoms with Crippen molar-refractivity contribution in [3.8, 4) is 11.4 Å². The third kappa shape index (κ3) is 4.71. The van der Waals surface area contributed by atoms with E-state index in [-0.39, 0.29) is 11.5 Å². The first-order valence-corrected chi connectivity index (χ1v) is 11.2. The second kappa shape index (κ2) is 9.41. The summed E-state index contributed by atoms with van der Waals surface area (Å²) in [5.74, 6) is 1.96. The molecule has 4 heterocycles. The fourth-order valence-corrected chi connectivity index (χ4v) is 4.44. The van der Waals surface area contributed by atoms with Gasteiger partial charge in [-0.1, -0.05) is 19.8 Å². The lowest BCUT2D eigenvalue weighted by Gasteiger charge is -2.34. The molecule has 0 radical (unpaired) electrons. The maximum Gasteiger partial charge on any atom is 0.251 e. The molecule has 7 heteroatoms. The summed E-state index contributed by atoms with van der Waals surface area (Å²) in [6, 6.07) is 5.46. The predicted octanol–water partition coefficient (Wildman–Crippen LogP) is 3.01. The van der Waals surface area contributed by atoms with Crippen LogP contribution in [0, 0.1) is 5.92 Å². The summed E-state index contributed by atoms with van der Waals surface area (Å²) in [5.41, 5.74) is 1.43. The fraction of sp³-hybridized carbons (Fsp3) is 0.565. The number of hydrogen-bond acceptors (Lipinski definition) is 5. The van der Waals surface area contributed by atoms with E-state index in [9.17, 15) is 9.59 Å². The number of aromatic amines is 1. The molecule has 1 N–H and O–H groups in total. The summed E-state index contributed by atoms with van der Waals surface area (Å²) >= 11 is 0. The highest BCUT2D eigenvalue weighted by Crippen LogP contribution is 2.25. The second-order valence-corrected chi connectivity index (χ2v) is 8.34. The first kappa shape index (κ1) is 20.6. The number of aryl methyl sites for hydroxylation is 1.